The summed E-state index contributed by atoms with van der Waals surface area (Å²) in [5, 5.41) is 0. The monoisotopic (exact) mass is 298 g/mol. The molecule has 0 atom stereocenters. The van der Waals surface area contributed by atoms with Crippen molar-refractivity contribution in [3.8, 4) is 22.3 Å². The van der Waals surface area contributed by atoms with Crippen molar-refractivity contribution in [3.63, 3.8) is 0 Å². The molecule has 0 amide bonds. The maximum atomic E-state index is 13.7. The fourth-order valence-electron chi connectivity index (χ4n) is 2.57. The van der Waals surface area contributed by atoms with Crippen LogP contribution >= 0.6 is 0 Å². The Morgan fingerprint density at radius 1 is 0.500 bits per heavy atom. The first-order valence-corrected chi connectivity index (χ1v) is 6.88. The molecule has 0 radical (unpaired) electrons. The van der Waals surface area contributed by atoms with E-state index < -0.39 is 11.7 Å². The van der Waals surface area contributed by atoms with E-state index in [0.717, 1.165) is 0 Å². The van der Waals surface area contributed by atoms with Crippen LogP contribution in [0.15, 0.2) is 78.9 Å². The van der Waals surface area contributed by atoms with Gasteiger partial charge in [-0.05, 0) is 22.3 Å². The van der Waals surface area contributed by atoms with Crippen LogP contribution in [-0.4, -0.2) is 0 Å². The summed E-state index contributed by atoms with van der Waals surface area (Å²) in [4.78, 5) is 0. The Hall–Kier alpha value is -2.55. The van der Waals surface area contributed by atoms with Gasteiger partial charge < -0.3 is 0 Å². The molecule has 0 unspecified atom stereocenters. The van der Waals surface area contributed by atoms with Crippen LogP contribution in [0.25, 0.3) is 22.3 Å². The quantitative estimate of drug-likeness (QED) is 0.541. The first kappa shape index (κ1) is 14.4. The number of hydrogen-bond acceptors (Lipinski definition) is 0. The Balaban J connectivity index is 2.29. The molecule has 3 aromatic rings. The fraction of sp³-hybridized carbons (Fsp3) is 0.0526. The lowest BCUT2D eigenvalue weighted by molar-refractivity contribution is -0.136. The maximum Gasteiger partial charge on any atom is 0.417 e. The van der Waals surface area contributed by atoms with Crippen LogP contribution in [0.5, 0.6) is 0 Å². The zero-order chi connectivity index (χ0) is 15.6. The molecule has 0 fully saturated rings. The van der Waals surface area contributed by atoms with Gasteiger partial charge in [0.25, 0.3) is 0 Å². The van der Waals surface area contributed by atoms with Gasteiger partial charge in [0.1, 0.15) is 0 Å². The standard InChI is InChI=1S/C19H13F3/c20-19(21,22)18-16(14-8-3-1-4-9-14)12-7-13-17(18)15-10-5-2-6-11-15/h1-13H. The fourth-order valence-corrected chi connectivity index (χ4v) is 2.57. The van der Waals surface area contributed by atoms with Gasteiger partial charge in [-0.15, -0.1) is 0 Å². The molecule has 0 aliphatic rings. The second-order valence-electron chi connectivity index (χ2n) is 4.96. The van der Waals surface area contributed by atoms with Crippen molar-refractivity contribution in [2.24, 2.45) is 0 Å². The Kier molecular flexibility index (Phi) is 3.72. The van der Waals surface area contributed by atoms with Crippen molar-refractivity contribution >= 4 is 0 Å². The van der Waals surface area contributed by atoms with Crippen molar-refractivity contribution in [1.29, 1.82) is 0 Å². The van der Waals surface area contributed by atoms with E-state index in [0.29, 0.717) is 11.1 Å². The van der Waals surface area contributed by atoms with E-state index in [-0.39, 0.29) is 11.1 Å². The summed E-state index contributed by atoms with van der Waals surface area (Å²) in [6.45, 7) is 0. The number of halogens is 3. The van der Waals surface area contributed by atoms with Crippen LogP contribution in [0.2, 0.25) is 0 Å². The lowest BCUT2D eigenvalue weighted by atomic mass is 9.91. The highest BCUT2D eigenvalue weighted by Crippen LogP contribution is 2.43. The van der Waals surface area contributed by atoms with E-state index in [1.165, 1.54) is 12.1 Å². The molecule has 0 saturated heterocycles. The SMILES string of the molecule is FC(F)(F)c1c(-c2ccccc2)cccc1-c1ccccc1. The Labute approximate surface area is 126 Å². The molecular formula is C19H13F3. The van der Waals surface area contributed by atoms with Gasteiger partial charge in [-0.2, -0.15) is 13.2 Å². The molecule has 0 saturated carbocycles. The number of benzene rings is 3. The van der Waals surface area contributed by atoms with E-state index in [1.807, 2.05) is 0 Å². The predicted octanol–water partition coefficient (Wildman–Crippen LogP) is 6.04. The highest BCUT2D eigenvalue weighted by atomic mass is 19.4. The molecule has 0 spiro atoms. The first-order valence-electron chi connectivity index (χ1n) is 6.88. The third-order valence-electron chi connectivity index (χ3n) is 3.52. The van der Waals surface area contributed by atoms with Crippen LogP contribution in [0, 0.1) is 0 Å². The van der Waals surface area contributed by atoms with Crippen LogP contribution in [-0.2, 0) is 6.18 Å². The van der Waals surface area contributed by atoms with Crippen LogP contribution in [0.1, 0.15) is 5.56 Å². The molecule has 0 aliphatic heterocycles. The molecule has 0 nitrogen and oxygen atoms in total. The molecule has 0 bridgehead atoms. The van der Waals surface area contributed by atoms with Crippen molar-refractivity contribution in [2.75, 3.05) is 0 Å². The molecule has 0 aromatic heterocycles. The van der Waals surface area contributed by atoms with Crippen LogP contribution in [0.4, 0.5) is 13.2 Å². The molecule has 0 heterocycles. The highest BCUT2D eigenvalue weighted by molar-refractivity contribution is 5.79. The highest BCUT2D eigenvalue weighted by Gasteiger charge is 2.36. The molecule has 3 heteroatoms. The van der Waals surface area contributed by atoms with Crippen molar-refractivity contribution in [1.82, 2.24) is 0 Å². The summed E-state index contributed by atoms with van der Waals surface area (Å²) in [5.74, 6) is 0. The lowest BCUT2D eigenvalue weighted by Crippen LogP contribution is -2.09. The predicted molar refractivity (Wildman–Crippen MR) is 82.3 cm³/mol. The van der Waals surface area contributed by atoms with Gasteiger partial charge in [0.2, 0.25) is 0 Å². The molecular weight excluding hydrogens is 285 g/mol. The Morgan fingerprint density at radius 3 is 1.27 bits per heavy atom. The molecule has 0 N–H and O–H groups in total. The second kappa shape index (κ2) is 5.68. The van der Waals surface area contributed by atoms with Gasteiger partial charge in [-0.25, -0.2) is 0 Å². The summed E-state index contributed by atoms with van der Waals surface area (Å²) in [7, 11) is 0. The van der Waals surface area contributed by atoms with Crippen LogP contribution in [0.3, 0.4) is 0 Å². The summed E-state index contributed by atoms with van der Waals surface area (Å²) in [6, 6.07) is 22.0. The minimum atomic E-state index is -4.42. The average Bonchev–Trinajstić information content (AvgIpc) is 2.55. The normalized spacial score (nSPS) is 11.4. The third kappa shape index (κ3) is 2.75. The van der Waals surface area contributed by atoms with Gasteiger partial charge in [0.05, 0.1) is 5.56 Å². The molecule has 22 heavy (non-hydrogen) atoms. The van der Waals surface area contributed by atoms with Gasteiger partial charge >= 0.3 is 6.18 Å². The summed E-state index contributed by atoms with van der Waals surface area (Å²) in [5.41, 5.74) is 0.941. The number of rotatable bonds is 2. The van der Waals surface area contributed by atoms with Gasteiger partial charge in [-0.1, -0.05) is 78.9 Å². The van der Waals surface area contributed by atoms with Gasteiger partial charge in [-0.3, -0.25) is 0 Å². The molecule has 3 rings (SSSR count). The summed E-state index contributed by atoms with van der Waals surface area (Å²) >= 11 is 0. The number of hydrogen-bond donors (Lipinski definition) is 0. The molecule has 0 aliphatic carbocycles. The zero-order valence-corrected chi connectivity index (χ0v) is 11.6. The second-order valence-corrected chi connectivity index (χ2v) is 4.96. The van der Waals surface area contributed by atoms with Gasteiger partial charge in [0, 0.05) is 0 Å². The van der Waals surface area contributed by atoms with E-state index in [4.69, 9.17) is 0 Å². The van der Waals surface area contributed by atoms with E-state index in [1.54, 1.807) is 66.7 Å². The molecule has 3 aromatic carbocycles. The zero-order valence-electron chi connectivity index (χ0n) is 11.6. The van der Waals surface area contributed by atoms with E-state index >= 15 is 0 Å². The minimum Gasteiger partial charge on any atom is -0.166 e. The topological polar surface area (TPSA) is 0 Å². The Morgan fingerprint density at radius 2 is 0.909 bits per heavy atom. The summed E-state index contributed by atoms with van der Waals surface area (Å²) < 4.78 is 41.0. The smallest absolute Gasteiger partial charge is 0.166 e. The van der Waals surface area contributed by atoms with Gasteiger partial charge in [0.15, 0.2) is 0 Å². The van der Waals surface area contributed by atoms with E-state index in [9.17, 15) is 13.2 Å². The van der Waals surface area contributed by atoms with Crippen molar-refractivity contribution in [3.05, 3.63) is 84.4 Å². The Bertz CT molecular complexity index is 702. The van der Waals surface area contributed by atoms with E-state index in [2.05, 4.69) is 0 Å². The maximum absolute atomic E-state index is 13.7. The largest absolute Gasteiger partial charge is 0.417 e. The minimum absolute atomic E-state index is 0.203. The van der Waals surface area contributed by atoms with Crippen LogP contribution < -0.4 is 0 Å². The average molecular weight is 298 g/mol. The molecule has 110 valence electrons. The van der Waals surface area contributed by atoms with Crippen molar-refractivity contribution < 1.29 is 13.2 Å². The lowest BCUT2D eigenvalue weighted by Gasteiger charge is -2.18. The first-order chi connectivity index (χ1) is 10.6. The van der Waals surface area contributed by atoms with Crippen molar-refractivity contribution in [2.45, 2.75) is 6.18 Å². The number of alkyl halides is 3. The third-order valence-corrected chi connectivity index (χ3v) is 3.52. The summed E-state index contributed by atoms with van der Waals surface area (Å²) in [6.07, 6.45) is -4.42.